The first-order chi connectivity index (χ1) is 21.1. The monoisotopic (exact) mass is 635 g/mol. The van der Waals surface area contributed by atoms with Gasteiger partial charge in [-0.2, -0.15) is 5.10 Å². The largest absolute Gasteiger partial charge is 0.495 e. The molecule has 4 aromatic rings. The van der Waals surface area contributed by atoms with Gasteiger partial charge in [0.2, 0.25) is 0 Å². The Balaban J connectivity index is 1.51. The molecule has 9 nitrogen and oxygen atoms in total. The summed E-state index contributed by atoms with van der Waals surface area (Å²) in [6.45, 7) is 5.77. The Morgan fingerprint density at radius 3 is 2.25 bits per heavy atom. The lowest BCUT2D eigenvalue weighted by Gasteiger charge is -2.25. The number of anilines is 1. The molecule has 4 aromatic carbocycles. The van der Waals surface area contributed by atoms with Gasteiger partial charge in [0.05, 0.1) is 30.5 Å². The second-order valence-electron chi connectivity index (χ2n) is 9.85. The first-order valence-electron chi connectivity index (χ1n) is 13.8. The van der Waals surface area contributed by atoms with Crippen LogP contribution in [-0.2, 0) is 21.4 Å². The van der Waals surface area contributed by atoms with E-state index >= 15 is 0 Å². The van der Waals surface area contributed by atoms with Crippen molar-refractivity contribution in [1.82, 2.24) is 5.43 Å². The third-order valence-electron chi connectivity index (χ3n) is 6.48. The second-order valence-corrected chi connectivity index (χ2v) is 12.1. The molecule has 0 aromatic heterocycles. The Kier molecular flexibility index (Phi) is 10.9. The Bertz CT molecular complexity index is 1730. The minimum Gasteiger partial charge on any atom is -0.495 e. The lowest BCUT2D eigenvalue weighted by molar-refractivity contribution is -0.119. The van der Waals surface area contributed by atoms with Gasteiger partial charge in [0.25, 0.3) is 15.9 Å². The molecule has 4 rings (SSSR count). The molecule has 1 amide bonds. The van der Waals surface area contributed by atoms with Crippen LogP contribution in [0.1, 0.15) is 29.2 Å². The summed E-state index contributed by atoms with van der Waals surface area (Å²) >= 11 is 5.96. The van der Waals surface area contributed by atoms with Crippen molar-refractivity contribution < 1.29 is 27.4 Å². The minimum absolute atomic E-state index is 0.0461. The molecule has 11 heteroatoms. The molecule has 230 valence electrons. The van der Waals surface area contributed by atoms with E-state index in [4.69, 9.17) is 25.8 Å². The molecule has 0 unspecified atom stereocenters. The number of amides is 1. The molecule has 0 spiro atoms. The van der Waals surface area contributed by atoms with Gasteiger partial charge in [-0.3, -0.25) is 9.10 Å². The number of nitrogens with one attached hydrogen (secondary N) is 1. The molecule has 0 aliphatic rings. The topological polar surface area (TPSA) is 107 Å². The number of benzene rings is 4. The predicted molar refractivity (Wildman–Crippen MR) is 173 cm³/mol. The van der Waals surface area contributed by atoms with Crippen LogP contribution in [0.4, 0.5) is 5.69 Å². The van der Waals surface area contributed by atoms with Gasteiger partial charge < -0.3 is 14.2 Å². The van der Waals surface area contributed by atoms with Gasteiger partial charge in [0.15, 0.2) is 11.5 Å². The van der Waals surface area contributed by atoms with Crippen molar-refractivity contribution in [3.05, 3.63) is 112 Å². The van der Waals surface area contributed by atoms with Crippen LogP contribution < -0.4 is 23.9 Å². The van der Waals surface area contributed by atoms with E-state index in [0.717, 1.165) is 21.0 Å². The summed E-state index contributed by atoms with van der Waals surface area (Å²) in [6, 6.07) is 24.2. The zero-order valence-corrected chi connectivity index (χ0v) is 26.5. The summed E-state index contributed by atoms with van der Waals surface area (Å²) in [4.78, 5) is 13.1. The maximum absolute atomic E-state index is 13.8. The van der Waals surface area contributed by atoms with E-state index < -0.39 is 22.5 Å². The fourth-order valence-electron chi connectivity index (χ4n) is 4.21. The molecule has 1 N–H and O–H groups in total. The fourth-order valence-corrected chi connectivity index (χ4v) is 5.76. The van der Waals surface area contributed by atoms with Gasteiger partial charge in [-0.1, -0.05) is 47.5 Å². The van der Waals surface area contributed by atoms with Crippen LogP contribution in [0, 0.1) is 13.8 Å². The lowest BCUT2D eigenvalue weighted by atomic mass is 10.2. The SMILES string of the molecule is CCOc1cc(/C=N\NC(=O)CN(c2cc(C)ccc2OC)S(=O)(=O)c2ccc(C)cc2)ccc1OCc1ccc(Cl)cc1. The fraction of sp³-hybridized carbons (Fsp3) is 0.212. The number of carbonyl (C=O) groups excluding carboxylic acids is 1. The van der Waals surface area contributed by atoms with Gasteiger partial charge in [0, 0.05) is 5.02 Å². The van der Waals surface area contributed by atoms with Crippen molar-refractivity contribution in [2.45, 2.75) is 32.3 Å². The van der Waals surface area contributed by atoms with Crippen molar-refractivity contribution in [3.8, 4) is 17.2 Å². The number of ether oxygens (including phenoxy) is 3. The number of hydrogen-bond donors (Lipinski definition) is 1. The first kappa shape index (κ1) is 32.4. The van der Waals surface area contributed by atoms with Crippen LogP contribution in [0.15, 0.2) is 94.9 Å². The zero-order valence-electron chi connectivity index (χ0n) is 24.9. The standard InChI is InChI=1S/C33H34ClN3O6S/c1-5-42-32-19-26(11-17-31(32)43-22-25-9-12-27(34)13-10-25)20-35-36-33(38)21-37(29-18-24(3)8-16-30(29)41-4)44(39,40)28-14-6-23(2)7-15-28/h6-20H,5,21-22H2,1-4H3,(H,36,38)/b35-20-. The maximum atomic E-state index is 13.8. The van der Waals surface area contributed by atoms with Crippen molar-refractivity contribution >= 4 is 39.4 Å². The smallest absolute Gasteiger partial charge is 0.264 e. The number of methoxy groups -OCH3 is 1. The number of nitrogens with zero attached hydrogens (tertiary/aromatic N) is 2. The van der Waals surface area contributed by atoms with E-state index in [1.165, 1.54) is 25.5 Å². The summed E-state index contributed by atoms with van der Waals surface area (Å²) in [6.07, 6.45) is 1.44. The van der Waals surface area contributed by atoms with Crippen LogP contribution in [-0.4, -0.2) is 40.8 Å². The molecule has 0 fully saturated rings. The molecular formula is C33H34ClN3O6S. The van der Waals surface area contributed by atoms with Gasteiger partial charge in [-0.25, -0.2) is 13.8 Å². The van der Waals surface area contributed by atoms with E-state index in [2.05, 4.69) is 10.5 Å². The predicted octanol–water partition coefficient (Wildman–Crippen LogP) is 6.29. The normalized spacial score (nSPS) is 11.3. The van der Waals surface area contributed by atoms with Gasteiger partial charge in [-0.15, -0.1) is 0 Å². The summed E-state index contributed by atoms with van der Waals surface area (Å²) in [5.41, 5.74) is 5.97. The number of hydrazone groups is 1. The van der Waals surface area contributed by atoms with E-state index in [1.54, 1.807) is 60.7 Å². The molecular weight excluding hydrogens is 602 g/mol. The number of rotatable bonds is 13. The summed E-state index contributed by atoms with van der Waals surface area (Å²) < 4.78 is 45.7. The van der Waals surface area contributed by atoms with Crippen LogP contribution in [0.5, 0.6) is 17.2 Å². The zero-order chi connectivity index (χ0) is 31.7. The van der Waals surface area contributed by atoms with E-state index in [9.17, 15) is 13.2 Å². The highest BCUT2D eigenvalue weighted by Crippen LogP contribution is 2.33. The van der Waals surface area contributed by atoms with E-state index in [1.807, 2.05) is 32.9 Å². The summed E-state index contributed by atoms with van der Waals surface area (Å²) in [7, 11) is -2.69. The molecule has 0 heterocycles. The van der Waals surface area contributed by atoms with E-state index in [-0.39, 0.29) is 10.6 Å². The van der Waals surface area contributed by atoms with E-state index in [0.29, 0.717) is 41.0 Å². The molecule has 0 radical (unpaired) electrons. The van der Waals surface area contributed by atoms with Crippen molar-refractivity contribution in [3.63, 3.8) is 0 Å². The number of hydrogen-bond acceptors (Lipinski definition) is 7. The highest BCUT2D eigenvalue weighted by atomic mass is 35.5. The first-order valence-corrected chi connectivity index (χ1v) is 15.6. The third-order valence-corrected chi connectivity index (χ3v) is 8.50. The second kappa shape index (κ2) is 14.8. The highest BCUT2D eigenvalue weighted by molar-refractivity contribution is 7.92. The molecule has 0 bridgehead atoms. The average Bonchev–Trinajstić information content (AvgIpc) is 3.00. The molecule has 0 aliphatic heterocycles. The highest BCUT2D eigenvalue weighted by Gasteiger charge is 2.29. The molecule has 0 atom stereocenters. The number of halogens is 1. The number of carbonyl (C=O) groups is 1. The Labute approximate surface area is 263 Å². The molecule has 0 aliphatic carbocycles. The van der Waals surface area contributed by atoms with Crippen molar-refractivity contribution in [2.24, 2.45) is 5.10 Å². The average molecular weight is 636 g/mol. The van der Waals surface area contributed by atoms with Crippen LogP contribution in [0.2, 0.25) is 5.02 Å². The molecule has 44 heavy (non-hydrogen) atoms. The van der Waals surface area contributed by atoms with Gasteiger partial charge in [-0.05, 0) is 92.1 Å². The maximum Gasteiger partial charge on any atom is 0.264 e. The lowest BCUT2D eigenvalue weighted by Crippen LogP contribution is -2.39. The van der Waals surface area contributed by atoms with Crippen LogP contribution in [0.3, 0.4) is 0 Å². The summed E-state index contributed by atoms with van der Waals surface area (Å²) in [5, 5.41) is 4.71. The van der Waals surface area contributed by atoms with Crippen molar-refractivity contribution in [1.29, 1.82) is 0 Å². The quantitative estimate of drug-likeness (QED) is 0.137. The Morgan fingerprint density at radius 2 is 1.57 bits per heavy atom. The third kappa shape index (κ3) is 8.30. The molecule has 0 saturated carbocycles. The number of sulfonamides is 1. The molecule has 0 saturated heterocycles. The van der Waals surface area contributed by atoms with Gasteiger partial charge >= 0.3 is 0 Å². The van der Waals surface area contributed by atoms with Crippen LogP contribution in [0.25, 0.3) is 0 Å². The Morgan fingerprint density at radius 1 is 0.886 bits per heavy atom. The Hall–Kier alpha value is -4.54. The number of aryl methyl sites for hydroxylation is 2. The minimum atomic E-state index is -4.13. The van der Waals surface area contributed by atoms with Crippen molar-refractivity contribution in [2.75, 3.05) is 24.6 Å². The van der Waals surface area contributed by atoms with Crippen LogP contribution >= 0.6 is 11.6 Å². The summed E-state index contributed by atoms with van der Waals surface area (Å²) in [5.74, 6) is 0.726. The van der Waals surface area contributed by atoms with Gasteiger partial charge in [0.1, 0.15) is 18.9 Å².